The van der Waals surface area contributed by atoms with E-state index in [1.54, 1.807) is 0 Å². The molecule has 0 N–H and O–H groups in total. The first-order valence-electron chi connectivity index (χ1n) is 2.81. The van der Waals surface area contributed by atoms with Crippen molar-refractivity contribution < 1.29 is 18.2 Å². The highest BCUT2D eigenvalue weighted by atomic mass is 19.2. The molecule has 0 saturated carbocycles. The van der Waals surface area contributed by atoms with Gasteiger partial charge < -0.3 is 0 Å². The van der Waals surface area contributed by atoms with E-state index in [-0.39, 0.29) is 12.2 Å². The molecule has 0 aromatic heterocycles. The number of hydrogen-bond acceptors (Lipinski definition) is 2. The van der Waals surface area contributed by atoms with Crippen LogP contribution in [0.15, 0.2) is 0 Å². The van der Waals surface area contributed by atoms with Gasteiger partial charge in [-0.25, -0.2) is 0 Å². The molecule has 0 aliphatic heterocycles. The van der Waals surface area contributed by atoms with E-state index in [1.165, 1.54) is 6.92 Å². The van der Waals surface area contributed by atoms with Gasteiger partial charge in [0.15, 0.2) is 0 Å². The van der Waals surface area contributed by atoms with Gasteiger partial charge in [-0.2, -0.15) is 0 Å². The molecule has 0 rings (SSSR count). The molecule has 2 nitrogen and oxygen atoms in total. The predicted octanol–water partition coefficient (Wildman–Crippen LogP) is 0.962. The first-order valence-corrected chi connectivity index (χ1v) is 2.81. The number of hydrogen-bond donors (Lipinski definition) is 0. The summed E-state index contributed by atoms with van der Waals surface area (Å²) in [7, 11) is -2.63. The number of halogens is 2. The summed E-state index contributed by atoms with van der Waals surface area (Å²) in [5.41, 5.74) is 0. The summed E-state index contributed by atoms with van der Waals surface area (Å²) in [6.07, 6.45) is -1.18. The molecule has 5 heteroatoms. The molecule has 0 aromatic carbocycles. The maximum Gasteiger partial charge on any atom is 0.545 e. The molecule has 0 aliphatic carbocycles. The Bertz CT molecular complexity index is 147. The minimum Gasteiger partial charge on any atom is -0.300 e. The predicted molar refractivity (Wildman–Crippen MR) is 33.1 cm³/mol. The van der Waals surface area contributed by atoms with Gasteiger partial charge >= 0.3 is 7.27 Å². The van der Waals surface area contributed by atoms with Crippen molar-refractivity contribution in [2.75, 3.05) is 0 Å². The average Bonchev–Trinajstić information content (AvgIpc) is 1.58. The summed E-state index contributed by atoms with van der Waals surface area (Å²) < 4.78 is 22.8. The zero-order chi connectivity index (χ0) is 8.15. The zero-order valence-corrected chi connectivity index (χ0v) is 5.56. The molecule has 0 unspecified atom stereocenters. The van der Waals surface area contributed by atoms with Crippen LogP contribution in [0.4, 0.5) is 8.63 Å². The lowest BCUT2D eigenvalue weighted by molar-refractivity contribution is -0.124. The molecule has 0 fully saturated rings. The number of carbonyl (C=O) groups is 2. The third kappa shape index (κ3) is 5.40. The van der Waals surface area contributed by atoms with E-state index in [4.69, 9.17) is 0 Å². The van der Waals surface area contributed by atoms with Crippen LogP contribution < -0.4 is 0 Å². The van der Waals surface area contributed by atoms with E-state index < -0.39 is 19.4 Å². The van der Waals surface area contributed by atoms with Gasteiger partial charge in [0, 0.05) is 0 Å². The second-order valence-corrected chi connectivity index (χ2v) is 2.01. The second kappa shape index (κ2) is 4.14. The Morgan fingerprint density at radius 1 is 1.40 bits per heavy atom. The Morgan fingerprint density at radius 3 is 2.20 bits per heavy atom. The van der Waals surface area contributed by atoms with E-state index >= 15 is 0 Å². The molecule has 10 heavy (non-hydrogen) atoms. The first-order chi connectivity index (χ1) is 4.52. The smallest absolute Gasteiger partial charge is 0.300 e. The van der Waals surface area contributed by atoms with E-state index in [9.17, 15) is 18.2 Å². The Labute approximate surface area is 57.8 Å². The van der Waals surface area contributed by atoms with Crippen LogP contribution in [0.25, 0.3) is 0 Å². The number of rotatable bonds is 4. The van der Waals surface area contributed by atoms with Crippen molar-refractivity contribution in [3.8, 4) is 0 Å². The molecule has 0 aliphatic rings. The maximum atomic E-state index is 11.4. The second-order valence-electron chi connectivity index (χ2n) is 2.01. The van der Waals surface area contributed by atoms with Crippen molar-refractivity contribution in [2.45, 2.75) is 19.7 Å². The molecular formula is C5H7BF2O2. The molecule has 0 heterocycles. The standard InChI is InChI=1S/C5H7BF2O2/c1-4(9)2-5(10)3-6(7)8/h2-3H2,1H3. The van der Waals surface area contributed by atoms with Gasteiger partial charge in [0.2, 0.25) is 0 Å². The van der Waals surface area contributed by atoms with Crippen molar-refractivity contribution in [1.82, 2.24) is 0 Å². The van der Waals surface area contributed by atoms with Crippen LogP contribution in [-0.4, -0.2) is 18.8 Å². The Balaban J connectivity index is 3.54. The fraction of sp³-hybridized carbons (Fsp3) is 0.600. The molecule has 0 spiro atoms. The van der Waals surface area contributed by atoms with Crippen LogP contribution in [0.1, 0.15) is 13.3 Å². The van der Waals surface area contributed by atoms with Gasteiger partial charge in [-0.3, -0.25) is 18.2 Å². The highest BCUT2D eigenvalue weighted by molar-refractivity contribution is 6.48. The maximum absolute atomic E-state index is 11.4. The lowest BCUT2D eigenvalue weighted by Gasteiger charge is -1.91. The molecule has 0 radical (unpaired) electrons. The largest absolute Gasteiger partial charge is 0.545 e. The topological polar surface area (TPSA) is 34.1 Å². The third-order valence-corrected chi connectivity index (χ3v) is 0.828. The number of Topliss-reactive ketones (excluding diaryl/α,β-unsaturated/α-hetero) is 2. The molecular weight excluding hydrogens is 141 g/mol. The van der Waals surface area contributed by atoms with E-state index in [0.29, 0.717) is 0 Å². The van der Waals surface area contributed by atoms with Gasteiger partial charge in [-0.05, 0) is 6.92 Å². The monoisotopic (exact) mass is 148 g/mol. The molecule has 0 amide bonds. The molecule has 0 saturated heterocycles. The summed E-state index contributed by atoms with van der Waals surface area (Å²) in [6.45, 7) is 1.20. The average molecular weight is 148 g/mol. The summed E-state index contributed by atoms with van der Waals surface area (Å²) in [4.78, 5) is 20.5. The van der Waals surface area contributed by atoms with E-state index in [1.807, 2.05) is 0 Å². The normalized spacial score (nSPS) is 9.10. The first kappa shape index (κ1) is 9.26. The van der Waals surface area contributed by atoms with Crippen molar-refractivity contribution in [1.29, 1.82) is 0 Å². The van der Waals surface area contributed by atoms with Gasteiger partial charge in [0.05, 0.1) is 12.7 Å². The zero-order valence-electron chi connectivity index (χ0n) is 5.56. The Kier molecular flexibility index (Phi) is 3.84. The summed E-state index contributed by atoms with van der Waals surface area (Å²) >= 11 is 0. The summed E-state index contributed by atoms with van der Waals surface area (Å²) in [6, 6.07) is 0. The van der Waals surface area contributed by atoms with Crippen molar-refractivity contribution in [2.24, 2.45) is 0 Å². The fourth-order valence-electron chi connectivity index (χ4n) is 0.522. The lowest BCUT2D eigenvalue weighted by atomic mass is 9.88. The van der Waals surface area contributed by atoms with E-state index in [2.05, 4.69) is 0 Å². The van der Waals surface area contributed by atoms with Gasteiger partial charge in [0.25, 0.3) is 0 Å². The van der Waals surface area contributed by atoms with Gasteiger partial charge in [-0.15, -0.1) is 0 Å². The summed E-state index contributed by atoms with van der Waals surface area (Å²) in [5, 5.41) is 0. The quantitative estimate of drug-likeness (QED) is 0.439. The van der Waals surface area contributed by atoms with Crippen LogP contribution in [0.3, 0.4) is 0 Å². The number of ketones is 2. The van der Waals surface area contributed by atoms with Crippen LogP contribution >= 0.6 is 0 Å². The SMILES string of the molecule is CC(=O)CC(=O)CB(F)F. The van der Waals surface area contributed by atoms with Crippen LogP contribution in [0.2, 0.25) is 6.32 Å². The molecule has 0 bridgehead atoms. The van der Waals surface area contributed by atoms with E-state index in [0.717, 1.165) is 0 Å². The van der Waals surface area contributed by atoms with Gasteiger partial charge in [0.1, 0.15) is 11.6 Å². The Morgan fingerprint density at radius 2 is 1.90 bits per heavy atom. The minimum absolute atomic E-state index is 0.370. The molecule has 56 valence electrons. The highest BCUT2D eigenvalue weighted by Crippen LogP contribution is 1.99. The molecule has 0 atom stereocenters. The third-order valence-electron chi connectivity index (χ3n) is 0.828. The van der Waals surface area contributed by atoms with Crippen molar-refractivity contribution in [3.05, 3.63) is 0 Å². The van der Waals surface area contributed by atoms with Crippen molar-refractivity contribution in [3.63, 3.8) is 0 Å². The van der Waals surface area contributed by atoms with Crippen LogP contribution in [0.5, 0.6) is 0 Å². The fourth-order valence-corrected chi connectivity index (χ4v) is 0.522. The van der Waals surface area contributed by atoms with Crippen LogP contribution in [0, 0.1) is 0 Å². The van der Waals surface area contributed by atoms with Crippen LogP contribution in [-0.2, 0) is 9.59 Å². The number of carbonyl (C=O) groups excluding carboxylic acids is 2. The molecule has 0 aromatic rings. The van der Waals surface area contributed by atoms with Crippen molar-refractivity contribution >= 4 is 18.8 Å². The highest BCUT2D eigenvalue weighted by Gasteiger charge is 2.18. The van der Waals surface area contributed by atoms with Gasteiger partial charge in [-0.1, -0.05) is 0 Å². The Hall–Kier alpha value is -0.735. The minimum atomic E-state index is -2.63. The summed E-state index contributed by atoms with van der Waals surface area (Å²) in [5.74, 6) is -1.06. The lowest BCUT2D eigenvalue weighted by Crippen LogP contribution is -2.10.